The Morgan fingerprint density at radius 1 is 1.10 bits per heavy atom. The van der Waals surface area contributed by atoms with E-state index in [2.05, 4.69) is 0 Å². The molecule has 4 aliphatic heterocycles. The van der Waals surface area contributed by atoms with Crippen LogP contribution in [0.2, 0.25) is 0 Å². The fourth-order valence-electron chi connectivity index (χ4n) is 8.38. The summed E-state index contributed by atoms with van der Waals surface area (Å²) in [6.45, 7) is 7.63. The molecule has 2 spiro atoms. The molecule has 0 aromatic rings. The van der Waals surface area contributed by atoms with Gasteiger partial charge in [-0.3, -0.25) is 4.79 Å². The van der Waals surface area contributed by atoms with Gasteiger partial charge >= 0.3 is 11.9 Å². The van der Waals surface area contributed by atoms with E-state index >= 15 is 0 Å². The number of aliphatic hydroxyl groups is 3. The molecule has 2 saturated carbocycles. The molecule has 0 aromatic carbocycles. The third-order valence-electron chi connectivity index (χ3n) is 8.87. The van der Waals surface area contributed by atoms with Crippen LogP contribution in [0.5, 0.6) is 0 Å². The Morgan fingerprint density at radius 2 is 1.79 bits per heavy atom. The molecule has 4 heterocycles. The van der Waals surface area contributed by atoms with E-state index in [1.165, 1.54) is 0 Å². The summed E-state index contributed by atoms with van der Waals surface area (Å²) in [4.78, 5) is 25.9. The Hall–Kier alpha value is -1.26. The Balaban J connectivity index is 1.72. The van der Waals surface area contributed by atoms with Crippen molar-refractivity contribution in [1.29, 1.82) is 0 Å². The second kappa shape index (κ2) is 4.65. The maximum Gasteiger partial charge on any atom is 0.343 e. The summed E-state index contributed by atoms with van der Waals surface area (Å²) in [6, 6.07) is 0. The first kappa shape index (κ1) is 18.5. The molecule has 9 heteroatoms. The average molecular weight is 410 g/mol. The van der Waals surface area contributed by atoms with E-state index in [0.29, 0.717) is 0 Å². The molecule has 0 amide bonds. The average Bonchev–Trinajstić information content (AvgIpc) is 3.30. The van der Waals surface area contributed by atoms with E-state index in [1.54, 1.807) is 6.92 Å². The zero-order chi connectivity index (χ0) is 20.9. The third kappa shape index (κ3) is 1.38. The van der Waals surface area contributed by atoms with Gasteiger partial charge in [-0.05, 0) is 5.41 Å². The lowest BCUT2D eigenvalue weighted by molar-refractivity contribution is -0.240. The normalized spacial score (nSPS) is 62.0. The van der Waals surface area contributed by atoms with Crippen LogP contribution >= 0.6 is 0 Å². The smallest absolute Gasteiger partial charge is 0.343 e. The summed E-state index contributed by atoms with van der Waals surface area (Å²) in [6.07, 6.45) is -6.07. The number of carbonyl (C=O) groups excluding carboxylic acids is 2. The molecular formula is C20H26O9. The lowest BCUT2D eigenvalue weighted by Gasteiger charge is -2.46. The Labute approximate surface area is 167 Å². The second-order valence-corrected chi connectivity index (χ2v) is 10.8. The van der Waals surface area contributed by atoms with Gasteiger partial charge in [-0.15, -0.1) is 0 Å². The summed E-state index contributed by atoms with van der Waals surface area (Å²) in [7, 11) is 0. The predicted molar refractivity (Wildman–Crippen MR) is 91.9 cm³/mol. The minimum atomic E-state index is -1.98. The first-order valence-corrected chi connectivity index (χ1v) is 10.2. The van der Waals surface area contributed by atoms with Crippen molar-refractivity contribution >= 4 is 11.9 Å². The van der Waals surface area contributed by atoms with Crippen LogP contribution in [0.15, 0.2) is 0 Å². The molecule has 0 bridgehead atoms. The predicted octanol–water partition coefficient (Wildman–Crippen LogP) is -0.896. The van der Waals surface area contributed by atoms with Crippen LogP contribution in [0, 0.1) is 28.1 Å². The first-order valence-electron chi connectivity index (χ1n) is 10.2. The van der Waals surface area contributed by atoms with Crippen molar-refractivity contribution in [3.05, 3.63) is 0 Å². The fourth-order valence-corrected chi connectivity index (χ4v) is 8.38. The zero-order valence-corrected chi connectivity index (χ0v) is 16.7. The standard InChI is InChI=1S/C20H26O9/c1-7-6-26-13-11(23)18-12-9(22)10(16(2,3)4)17(18)5-8(21)27-15(17)29-20(18,14(24)28-12)19(7,13)25/h7,9-13,15,22-23,25H,5-6H2,1-4H3/t7-,9-,10+,11+,12?,13?,15?,17?,18?,19-,20-/m1/s1. The molecule has 160 valence electrons. The number of carbonyl (C=O) groups is 2. The largest absolute Gasteiger partial charge is 0.456 e. The van der Waals surface area contributed by atoms with Crippen molar-refractivity contribution in [1.82, 2.24) is 0 Å². The summed E-state index contributed by atoms with van der Waals surface area (Å²) >= 11 is 0. The maximum absolute atomic E-state index is 13.4. The van der Waals surface area contributed by atoms with Gasteiger partial charge in [-0.25, -0.2) is 4.79 Å². The summed E-state index contributed by atoms with van der Waals surface area (Å²) < 4.78 is 23.2. The molecule has 0 aromatic heterocycles. The number of ether oxygens (including phenoxy) is 4. The van der Waals surface area contributed by atoms with Gasteiger partial charge in [0, 0.05) is 11.8 Å². The van der Waals surface area contributed by atoms with Gasteiger partial charge in [0.1, 0.15) is 17.8 Å². The van der Waals surface area contributed by atoms with E-state index in [-0.39, 0.29) is 13.0 Å². The van der Waals surface area contributed by atoms with E-state index in [4.69, 9.17) is 18.9 Å². The molecule has 6 fully saturated rings. The lowest BCUT2D eigenvalue weighted by atomic mass is 9.52. The van der Waals surface area contributed by atoms with Gasteiger partial charge in [0.05, 0.1) is 36.1 Å². The highest BCUT2D eigenvalue weighted by Crippen LogP contribution is 2.84. The van der Waals surface area contributed by atoms with Crippen molar-refractivity contribution in [2.45, 2.75) is 76.0 Å². The van der Waals surface area contributed by atoms with E-state index < -0.39 is 81.9 Å². The summed E-state index contributed by atoms with van der Waals surface area (Å²) in [5, 5.41) is 34.9. The minimum absolute atomic E-state index is 0.139. The Kier molecular flexibility index (Phi) is 2.97. The molecule has 9 nitrogen and oxygen atoms in total. The lowest BCUT2D eigenvalue weighted by Crippen LogP contribution is -2.65. The maximum atomic E-state index is 13.4. The fraction of sp³-hybridized carbons (Fsp3) is 0.900. The first-order chi connectivity index (χ1) is 13.4. The van der Waals surface area contributed by atoms with Gasteiger partial charge < -0.3 is 34.3 Å². The molecule has 29 heavy (non-hydrogen) atoms. The van der Waals surface area contributed by atoms with Crippen molar-refractivity contribution in [2.24, 2.45) is 28.1 Å². The van der Waals surface area contributed by atoms with E-state index in [0.717, 1.165) is 0 Å². The van der Waals surface area contributed by atoms with Crippen LogP contribution in [0.1, 0.15) is 34.1 Å². The SMILES string of the molecule is C[C@@H]1COC2[C@H](O)C34C5OC(=O)[C@]3(OC3OC(=O)CC34[C@H](C(C)(C)C)[C@H]5O)[C@]21O. The molecule has 0 radical (unpaired) electrons. The number of hydrogen-bond donors (Lipinski definition) is 3. The Bertz CT molecular complexity index is 851. The van der Waals surface area contributed by atoms with Crippen molar-refractivity contribution in [3.8, 4) is 0 Å². The van der Waals surface area contributed by atoms with Gasteiger partial charge in [0.15, 0.2) is 0 Å². The topological polar surface area (TPSA) is 132 Å². The molecule has 3 N–H and O–H groups in total. The summed E-state index contributed by atoms with van der Waals surface area (Å²) in [5.41, 5.74) is -7.17. The molecule has 6 aliphatic rings. The molecule has 4 saturated heterocycles. The van der Waals surface area contributed by atoms with Gasteiger partial charge in [-0.2, -0.15) is 0 Å². The van der Waals surface area contributed by atoms with Gasteiger partial charge in [0.25, 0.3) is 0 Å². The van der Waals surface area contributed by atoms with Crippen LogP contribution < -0.4 is 0 Å². The van der Waals surface area contributed by atoms with Crippen molar-refractivity contribution in [3.63, 3.8) is 0 Å². The summed E-state index contributed by atoms with van der Waals surface area (Å²) in [5.74, 6) is -2.48. The van der Waals surface area contributed by atoms with E-state index in [1.807, 2.05) is 20.8 Å². The van der Waals surface area contributed by atoms with Gasteiger partial charge in [-0.1, -0.05) is 27.7 Å². The molecule has 6 rings (SSSR count). The Morgan fingerprint density at radius 3 is 2.45 bits per heavy atom. The number of aliphatic hydroxyl groups excluding tert-OH is 2. The zero-order valence-electron chi connectivity index (χ0n) is 16.7. The second-order valence-electron chi connectivity index (χ2n) is 10.8. The molecule has 2 aliphatic carbocycles. The van der Waals surface area contributed by atoms with Crippen LogP contribution in [0.3, 0.4) is 0 Å². The van der Waals surface area contributed by atoms with Crippen LogP contribution in [-0.4, -0.2) is 75.8 Å². The molecule has 5 unspecified atom stereocenters. The van der Waals surface area contributed by atoms with Crippen molar-refractivity contribution < 1.29 is 43.9 Å². The van der Waals surface area contributed by atoms with E-state index in [9.17, 15) is 24.9 Å². The number of rotatable bonds is 0. The third-order valence-corrected chi connectivity index (χ3v) is 8.87. The molecular weight excluding hydrogens is 384 g/mol. The quantitative estimate of drug-likeness (QED) is 0.435. The van der Waals surface area contributed by atoms with Gasteiger partial charge in [0.2, 0.25) is 11.9 Å². The number of hydrogen-bond acceptors (Lipinski definition) is 9. The minimum Gasteiger partial charge on any atom is -0.456 e. The number of fused-ring (bicyclic) bond motifs is 1. The molecule has 11 atom stereocenters. The highest BCUT2D eigenvalue weighted by Gasteiger charge is 3.02. The highest BCUT2D eigenvalue weighted by atomic mass is 16.7. The van der Waals surface area contributed by atoms with Crippen LogP contribution in [0.25, 0.3) is 0 Å². The highest BCUT2D eigenvalue weighted by molar-refractivity contribution is 5.90. The number of esters is 2. The van der Waals surface area contributed by atoms with Crippen molar-refractivity contribution in [2.75, 3.05) is 6.61 Å². The monoisotopic (exact) mass is 410 g/mol. The van der Waals surface area contributed by atoms with Crippen LogP contribution in [0.4, 0.5) is 0 Å². The van der Waals surface area contributed by atoms with Crippen LogP contribution in [-0.2, 0) is 28.5 Å².